The van der Waals surface area contributed by atoms with Crippen LogP contribution < -0.4 is 9.64 Å². The van der Waals surface area contributed by atoms with Gasteiger partial charge in [-0.3, -0.25) is 9.89 Å². The van der Waals surface area contributed by atoms with Gasteiger partial charge in [0.2, 0.25) is 5.88 Å². The Balaban J connectivity index is 1.27. The van der Waals surface area contributed by atoms with E-state index >= 15 is 0 Å². The third kappa shape index (κ3) is 4.78. The number of fused-ring (bicyclic) bond motifs is 1. The van der Waals surface area contributed by atoms with Gasteiger partial charge in [0.05, 0.1) is 30.0 Å². The predicted octanol–water partition coefficient (Wildman–Crippen LogP) is 3.81. The first-order valence-electron chi connectivity index (χ1n) is 11.7. The highest BCUT2D eigenvalue weighted by molar-refractivity contribution is 6.15. The van der Waals surface area contributed by atoms with Crippen LogP contribution in [0.4, 0.5) is 5.82 Å². The third-order valence-corrected chi connectivity index (χ3v) is 6.16. The van der Waals surface area contributed by atoms with Crippen LogP contribution in [-0.2, 0) is 13.1 Å². The number of nitrogens with zero attached hydrogens (tertiary/aromatic N) is 6. The van der Waals surface area contributed by atoms with E-state index in [2.05, 4.69) is 38.0 Å². The van der Waals surface area contributed by atoms with E-state index in [0.29, 0.717) is 18.0 Å². The van der Waals surface area contributed by atoms with Gasteiger partial charge in [-0.25, -0.2) is 9.97 Å². The maximum absolute atomic E-state index is 9.14. The largest absolute Gasteiger partial charge is 0.475 e. The van der Waals surface area contributed by atoms with E-state index in [1.807, 2.05) is 56.6 Å². The van der Waals surface area contributed by atoms with Crippen LogP contribution in [0.15, 0.2) is 59.9 Å². The van der Waals surface area contributed by atoms with Crippen molar-refractivity contribution in [2.75, 3.05) is 31.1 Å². The average Bonchev–Trinajstić information content (AvgIpc) is 3.28. The standard InChI is InChI=1S/C27H28N6O/c1-19(2)34-26-14-24-23(16-30-26)17-31-27(24)22-6-7-29-25(13-22)33-10-8-32(9-11-33)18-21-5-3-4-20(12-21)15-28/h3-7,12-14,16,19H,8-11,17-18H2,1-2H3. The molecule has 2 aromatic heterocycles. The van der Waals surface area contributed by atoms with Crippen LogP contribution in [0.1, 0.15) is 41.7 Å². The van der Waals surface area contributed by atoms with Crippen molar-refractivity contribution < 1.29 is 4.74 Å². The van der Waals surface area contributed by atoms with E-state index < -0.39 is 0 Å². The van der Waals surface area contributed by atoms with E-state index in [4.69, 9.17) is 15.0 Å². The lowest BCUT2D eigenvalue weighted by molar-refractivity contribution is 0.232. The molecule has 1 saturated heterocycles. The van der Waals surface area contributed by atoms with Gasteiger partial charge in [-0.05, 0) is 43.7 Å². The molecule has 4 heterocycles. The Morgan fingerprint density at radius 3 is 2.71 bits per heavy atom. The first-order chi connectivity index (χ1) is 16.6. The van der Waals surface area contributed by atoms with Crippen molar-refractivity contribution in [1.29, 1.82) is 5.26 Å². The minimum atomic E-state index is 0.0776. The third-order valence-electron chi connectivity index (χ3n) is 6.16. The van der Waals surface area contributed by atoms with Crippen molar-refractivity contribution in [3.63, 3.8) is 0 Å². The van der Waals surface area contributed by atoms with Crippen LogP contribution in [0.5, 0.6) is 5.88 Å². The fraction of sp³-hybridized carbons (Fsp3) is 0.333. The summed E-state index contributed by atoms with van der Waals surface area (Å²) in [6, 6.07) is 16.3. The summed E-state index contributed by atoms with van der Waals surface area (Å²) in [5.74, 6) is 1.61. The Labute approximate surface area is 200 Å². The van der Waals surface area contributed by atoms with E-state index in [1.165, 1.54) is 5.56 Å². The average molecular weight is 453 g/mol. The number of aromatic nitrogens is 2. The molecule has 0 spiro atoms. The summed E-state index contributed by atoms with van der Waals surface area (Å²) in [5, 5.41) is 9.14. The SMILES string of the molecule is CC(C)Oc1cc2c(cn1)CN=C2c1ccnc(N2CCN(Cc3cccc(C#N)c3)CC2)c1. The fourth-order valence-corrected chi connectivity index (χ4v) is 4.48. The van der Waals surface area contributed by atoms with Crippen LogP contribution in [0.25, 0.3) is 0 Å². The van der Waals surface area contributed by atoms with Gasteiger partial charge in [0.15, 0.2) is 0 Å². The predicted molar refractivity (Wildman–Crippen MR) is 132 cm³/mol. The maximum Gasteiger partial charge on any atom is 0.214 e. The molecule has 0 bridgehead atoms. The fourth-order valence-electron chi connectivity index (χ4n) is 4.48. The Morgan fingerprint density at radius 2 is 1.91 bits per heavy atom. The van der Waals surface area contributed by atoms with Crippen LogP contribution in [0.2, 0.25) is 0 Å². The van der Waals surface area contributed by atoms with Crippen molar-refractivity contribution in [3.8, 4) is 11.9 Å². The quantitative estimate of drug-likeness (QED) is 0.566. The molecule has 7 heteroatoms. The number of pyridine rings is 2. The lowest BCUT2D eigenvalue weighted by Gasteiger charge is -2.35. The Bertz CT molecular complexity index is 1250. The zero-order chi connectivity index (χ0) is 23.5. The summed E-state index contributed by atoms with van der Waals surface area (Å²) in [6.45, 7) is 9.23. The van der Waals surface area contributed by atoms with Gasteiger partial charge in [-0.1, -0.05) is 12.1 Å². The van der Waals surface area contributed by atoms with Gasteiger partial charge < -0.3 is 9.64 Å². The molecule has 0 aliphatic carbocycles. The topological polar surface area (TPSA) is 77.6 Å². The molecule has 0 amide bonds. The van der Waals surface area contributed by atoms with E-state index in [1.54, 1.807) is 0 Å². The van der Waals surface area contributed by atoms with E-state index in [9.17, 15) is 0 Å². The lowest BCUT2D eigenvalue weighted by Crippen LogP contribution is -2.46. The summed E-state index contributed by atoms with van der Waals surface area (Å²) in [4.78, 5) is 18.6. The van der Waals surface area contributed by atoms with Gasteiger partial charge in [0, 0.05) is 67.9 Å². The first-order valence-corrected chi connectivity index (χ1v) is 11.7. The van der Waals surface area contributed by atoms with E-state index in [-0.39, 0.29) is 6.10 Å². The number of rotatable bonds is 6. The minimum absolute atomic E-state index is 0.0776. The van der Waals surface area contributed by atoms with Gasteiger partial charge in [0.25, 0.3) is 0 Å². The highest BCUT2D eigenvalue weighted by Crippen LogP contribution is 2.27. The number of ether oxygens (including phenoxy) is 1. The molecule has 0 N–H and O–H groups in total. The monoisotopic (exact) mass is 452 g/mol. The lowest BCUT2D eigenvalue weighted by atomic mass is 10.0. The van der Waals surface area contributed by atoms with Crippen molar-refractivity contribution in [2.45, 2.75) is 33.0 Å². The second-order valence-corrected chi connectivity index (χ2v) is 8.99. The molecular formula is C27H28N6O. The van der Waals surface area contributed by atoms with Crippen LogP contribution >= 0.6 is 0 Å². The zero-order valence-corrected chi connectivity index (χ0v) is 19.6. The Kier molecular flexibility index (Phi) is 6.24. The second-order valence-electron chi connectivity index (χ2n) is 8.99. The molecule has 3 aromatic rings. The maximum atomic E-state index is 9.14. The number of anilines is 1. The number of piperazine rings is 1. The summed E-state index contributed by atoms with van der Waals surface area (Å²) >= 11 is 0. The minimum Gasteiger partial charge on any atom is -0.475 e. The summed E-state index contributed by atoms with van der Waals surface area (Å²) in [6.07, 6.45) is 3.82. The number of hydrogen-bond acceptors (Lipinski definition) is 7. The molecule has 0 saturated carbocycles. The molecular weight excluding hydrogens is 424 g/mol. The van der Waals surface area contributed by atoms with Crippen molar-refractivity contribution in [3.05, 3.63) is 82.7 Å². The first kappa shape index (κ1) is 22.1. The normalized spacial score (nSPS) is 15.7. The highest BCUT2D eigenvalue weighted by atomic mass is 16.5. The summed E-state index contributed by atoms with van der Waals surface area (Å²) in [5.41, 5.74) is 6.16. The molecule has 0 atom stereocenters. The number of nitriles is 1. The number of hydrogen-bond donors (Lipinski definition) is 0. The van der Waals surface area contributed by atoms with Gasteiger partial charge in [-0.15, -0.1) is 0 Å². The molecule has 2 aliphatic heterocycles. The van der Waals surface area contributed by atoms with Crippen LogP contribution in [0.3, 0.4) is 0 Å². The van der Waals surface area contributed by atoms with Gasteiger partial charge in [0.1, 0.15) is 5.82 Å². The van der Waals surface area contributed by atoms with Crippen molar-refractivity contribution in [2.24, 2.45) is 4.99 Å². The molecule has 7 nitrogen and oxygen atoms in total. The molecule has 1 fully saturated rings. The molecule has 5 rings (SSSR count). The molecule has 34 heavy (non-hydrogen) atoms. The van der Waals surface area contributed by atoms with Crippen LogP contribution in [-0.4, -0.2) is 52.9 Å². The highest BCUT2D eigenvalue weighted by Gasteiger charge is 2.22. The number of benzene rings is 1. The van der Waals surface area contributed by atoms with Crippen molar-refractivity contribution in [1.82, 2.24) is 14.9 Å². The summed E-state index contributed by atoms with van der Waals surface area (Å²) in [7, 11) is 0. The van der Waals surface area contributed by atoms with Gasteiger partial charge >= 0.3 is 0 Å². The van der Waals surface area contributed by atoms with Gasteiger partial charge in [-0.2, -0.15) is 5.26 Å². The molecule has 2 aliphatic rings. The second kappa shape index (κ2) is 9.62. The molecule has 172 valence electrons. The van der Waals surface area contributed by atoms with Crippen molar-refractivity contribution >= 4 is 11.5 Å². The Morgan fingerprint density at radius 1 is 1.06 bits per heavy atom. The van der Waals surface area contributed by atoms with E-state index in [0.717, 1.165) is 60.9 Å². The smallest absolute Gasteiger partial charge is 0.214 e. The number of aliphatic imine (C=N–C) groups is 1. The zero-order valence-electron chi connectivity index (χ0n) is 19.6. The van der Waals surface area contributed by atoms with Crippen LogP contribution in [0, 0.1) is 11.3 Å². The summed E-state index contributed by atoms with van der Waals surface area (Å²) < 4.78 is 5.80. The Hall–Kier alpha value is -3.76. The molecule has 1 aromatic carbocycles. The molecule has 0 radical (unpaired) electrons. The molecule has 0 unspecified atom stereocenters.